The van der Waals surface area contributed by atoms with E-state index in [-0.39, 0.29) is 5.97 Å². The van der Waals surface area contributed by atoms with E-state index < -0.39 is 0 Å². The lowest BCUT2D eigenvalue weighted by atomic mass is 10.1. The second-order valence-corrected chi connectivity index (χ2v) is 2.51. The molecule has 66 valence electrons. The van der Waals surface area contributed by atoms with E-state index in [2.05, 4.69) is 17.0 Å². The van der Waals surface area contributed by atoms with Crippen molar-refractivity contribution in [3.05, 3.63) is 0 Å². The van der Waals surface area contributed by atoms with Gasteiger partial charge in [0.25, 0.3) is 0 Å². The van der Waals surface area contributed by atoms with Crippen LogP contribution in [0.3, 0.4) is 0 Å². The Morgan fingerprint density at radius 3 is 2.64 bits per heavy atom. The first-order valence-corrected chi connectivity index (χ1v) is 3.98. The van der Waals surface area contributed by atoms with Crippen LogP contribution in [0.15, 0.2) is 0 Å². The molecule has 0 saturated carbocycles. The summed E-state index contributed by atoms with van der Waals surface area (Å²) in [7, 11) is 3.33. The zero-order chi connectivity index (χ0) is 8.69. The minimum atomic E-state index is -0.126. The minimum Gasteiger partial charge on any atom is -0.469 e. The molecule has 0 aromatic carbocycles. The van der Waals surface area contributed by atoms with Crippen LogP contribution in [-0.2, 0) is 9.53 Å². The van der Waals surface area contributed by atoms with Crippen molar-refractivity contribution in [2.75, 3.05) is 14.2 Å². The lowest BCUT2D eigenvalue weighted by Crippen LogP contribution is -2.25. The molecule has 0 amide bonds. The van der Waals surface area contributed by atoms with Gasteiger partial charge in [0, 0.05) is 12.5 Å². The number of methoxy groups -OCH3 is 1. The first-order chi connectivity index (χ1) is 5.24. The van der Waals surface area contributed by atoms with Gasteiger partial charge in [-0.05, 0) is 19.9 Å². The van der Waals surface area contributed by atoms with E-state index in [1.54, 1.807) is 0 Å². The molecule has 0 aliphatic heterocycles. The molecule has 0 unspecified atom stereocenters. The average molecular weight is 159 g/mol. The number of hydrogen-bond acceptors (Lipinski definition) is 3. The second-order valence-electron chi connectivity index (χ2n) is 2.51. The van der Waals surface area contributed by atoms with Crippen molar-refractivity contribution in [1.82, 2.24) is 5.32 Å². The Bertz CT molecular complexity index is 111. The summed E-state index contributed by atoms with van der Waals surface area (Å²) in [6.45, 7) is 2.10. The molecule has 0 rings (SSSR count). The van der Waals surface area contributed by atoms with Crippen LogP contribution in [0.25, 0.3) is 0 Å². The Morgan fingerprint density at radius 2 is 2.27 bits per heavy atom. The molecule has 11 heavy (non-hydrogen) atoms. The molecule has 0 heterocycles. The molecule has 0 aromatic rings. The normalized spacial score (nSPS) is 12.6. The van der Waals surface area contributed by atoms with Crippen molar-refractivity contribution >= 4 is 5.97 Å². The highest BCUT2D eigenvalue weighted by Gasteiger charge is 2.06. The molecule has 3 heteroatoms. The lowest BCUT2D eigenvalue weighted by molar-refractivity contribution is -0.140. The van der Waals surface area contributed by atoms with Crippen LogP contribution in [0.2, 0.25) is 0 Å². The highest BCUT2D eigenvalue weighted by atomic mass is 16.5. The van der Waals surface area contributed by atoms with E-state index in [1.165, 1.54) is 7.11 Å². The van der Waals surface area contributed by atoms with Crippen molar-refractivity contribution in [3.63, 3.8) is 0 Å². The summed E-state index contributed by atoms with van der Waals surface area (Å²) >= 11 is 0. The predicted molar refractivity (Wildman–Crippen MR) is 44.4 cm³/mol. The van der Waals surface area contributed by atoms with Gasteiger partial charge in [0.1, 0.15) is 0 Å². The topological polar surface area (TPSA) is 38.3 Å². The average Bonchev–Trinajstić information content (AvgIpc) is 2.06. The third kappa shape index (κ3) is 4.79. The van der Waals surface area contributed by atoms with Gasteiger partial charge in [-0.15, -0.1) is 0 Å². The standard InChI is InChI=1S/C8H17NO2/c1-4-7(9-2)5-6-8(10)11-3/h7,9H,4-6H2,1-3H3/t7-/m1/s1. The fourth-order valence-corrected chi connectivity index (χ4v) is 0.947. The summed E-state index contributed by atoms with van der Waals surface area (Å²) in [6, 6.07) is 0.439. The number of nitrogens with one attached hydrogen (secondary N) is 1. The van der Waals surface area contributed by atoms with Crippen molar-refractivity contribution in [2.24, 2.45) is 0 Å². The Hall–Kier alpha value is -0.570. The first kappa shape index (κ1) is 10.4. The van der Waals surface area contributed by atoms with Crippen molar-refractivity contribution in [2.45, 2.75) is 32.2 Å². The van der Waals surface area contributed by atoms with E-state index in [0.717, 1.165) is 12.8 Å². The first-order valence-electron chi connectivity index (χ1n) is 3.98. The molecule has 0 aliphatic rings. The molecular formula is C8H17NO2. The monoisotopic (exact) mass is 159 g/mol. The maximum absolute atomic E-state index is 10.7. The number of carbonyl (C=O) groups is 1. The molecule has 1 atom stereocenters. The highest BCUT2D eigenvalue weighted by molar-refractivity contribution is 5.69. The lowest BCUT2D eigenvalue weighted by Gasteiger charge is -2.11. The highest BCUT2D eigenvalue weighted by Crippen LogP contribution is 2.01. The molecule has 1 N–H and O–H groups in total. The Balaban J connectivity index is 3.42. The molecule has 0 spiro atoms. The SMILES string of the molecule is CC[C@H](CCC(=O)OC)NC. The van der Waals surface area contributed by atoms with E-state index in [4.69, 9.17) is 0 Å². The maximum atomic E-state index is 10.7. The molecule has 0 radical (unpaired) electrons. The van der Waals surface area contributed by atoms with Crippen LogP contribution in [0.1, 0.15) is 26.2 Å². The number of rotatable bonds is 5. The van der Waals surface area contributed by atoms with E-state index in [0.29, 0.717) is 12.5 Å². The van der Waals surface area contributed by atoms with Gasteiger partial charge in [0.05, 0.1) is 7.11 Å². The molecule has 0 saturated heterocycles. The second kappa shape index (κ2) is 6.16. The molecule has 0 aliphatic carbocycles. The predicted octanol–water partition coefficient (Wildman–Crippen LogP) is 0.938. The quantitative estimate of drug-likeness (QED) is 0.607. The van der Waals surface area contributed by atoms with Crippen LogP contribution < -0.4 is 5.32 Å². The van der Waals surface area contributed by atoms with Gasteiger partial charge < -0.3 is 10.1 Å². The third-order valence-corrected chi connectivity index (χ3v) is 1.83. The van der Waals surface area contributed by atoms with Gasteiger partial charge in [-0.2, -0.15) is 0 Å². The van der Waals surface area contributed by atoms with Crippen molar-refractivity contribution < 1.29 is 9.53 Å². The smallest absolute Gasteiger partial charge is 0.305 e. The molecule has 0 fully saturated rings. The van der Waals surface area contributed by atoms with Gasteiger partial charge in [-0.3, -0.25) is 4.79 Å². The summed E-state index contributed by atoms with van der Waals surface area (Å²) < 4.78 is 4.52. The Morgan fingerprint density at radius 1 is 1.64 bits per heavy atom. The largest absolute Gasteiger partial charge is 0.469 e. The van der Waals surface area contributed by atoms with E-state index in [1.807, 2.05) is 7.05 Å². The summed E-state index contributed by atoms with van der Waals surface area (Å²) in [5.74, 6) is -0.126. The number of ether oxygens (including phenoxy) is 1. The third-order valence-electron chi connectivity index (χ3n) is 1.83. The molecule has 0 aromatic heterocycles. The van der Waals surface area contributed by atoms with Crippen LogP contribution in [0, 0.1) is 0 Å². The van der Waals surface area contributed by atoms with Crippen molar-refractivity contribution in [1.29, 1.82) is 0 Å². The van der Waals surface area contributed by atoms with Gasteiger partial charge in [0.2, 0.25) is 0 Å². The fourth-order valence-electron chi connectivity index (χ4n) is 0.947. The van der Waals surface area contributed by atoms with Crippen molar-refractivity contribution in [3.8, 4) is 0 Å². The molecule has 3 nitrogen and oxygen atoms in total. The summed E-state index contributed by atoms with van der Waals surface area (Å²) in [4.78, 5) is 10.7. The van der Waals surface area contributed by atoms with Crippen LogP contribution >= 0.6 is 0 Å². The van der Waals surface area contributed by atoms with Crippen LogP contribution in [-0.4, -0.2) is 26.2 Å². The minimum absolute atomic E-state index is 0.126. The Kier molecular flexibility index (Phi) is 5.84. The Labute approximate surface area is 68.1 Å². The van der Waals surface area contributed by atoms with Gasteiger partial charge >= 0.3 is 5.97 Å². The fraction of sp³-hybridized carbons (Fsp3) is 0.875. The van der Waals surface area contributed by atoms with E-state index in [9.17, 15) is 4.79 Å². The maximum Gasteiger partial charge on any atom is 0.305 e. The van der Waals surface area contributed by atoms with Gasteiger partial charge in [-0.1, -0.05) is 6.92 Å². The van der Waals surface area contributed by atoms with Gasteiger partial charge in [-0.25, -0.2) is 0 Å². The zero-order valence-corrected chi connectivity index (χ0v) is 7.52. The number of carbonyl (C=O) groups excluding carboxylic acids is 1. The van der Waals surface area contributed by atoms with E-state index >= 15 is 0 Å². The summed E-state index contributed by atoms with van der Waals surface area (Å²) in [5.41, 5.74) is 0. The zero-order valence-electron chi connectivity index (χ0n) is 7.52. The van der Waals surface area contributed by atoms with Gasteiger partial charge in [0.15, 0.2) is 0 Å². The summed E-state index contributed by atoms with van der Waals surface area (Å²) in [6.07, 6.45) is 2.42. The van der Waals surface area contributed by atoms with Crippen LogP contribution in [0.4, 0.5) is 0 Å². The number of hydrogen-bond donors (Lipinski definition) is 1. The molecular weight excluding hydrogens is 142 g/mol. The summed E-state index contributed by atoms with van der Waals surface area (Å²) in [5, 5.41) is 3.12. The number of esters is 1. The van der Waals surface area contributed by atoms with Crippen LogP contribution in [0.5, 0.6) is 0 Å². The molecule has 0 bridgehead atoms.